The minimum absolute atomic E-state index is 0.575. The van der Waals surface area contributed by atoms with E-state index in [-0.39, 0.29) is 0 Å². The molecule has 5 heteroatoms. The SMILES string of the molecule is C/C(=C\c1c(C)c2ccccc2n1-c1nc(-c2ccccc2)nc(-c2ccc3c(c2)oc2ccccc23)n1)C1=CC=C(c2ccccc2)CC1. The number of fused-ring (bicyclic) bond motifs is 4. The highest BCUT2D eigenvalue weighted by atomic mass is 16.3. The second-order valence-corrected chi connectivity index (χ2v) is 12.9. The number of rotatable bonds is 6. The maximum atomic E-state index is 6.26. The van der Waals surface area contributed by atoms with Gasteiger partial charge in [-0.05, 0) is 84.9 Å². The predicted molar refractivity (Wildman–Crippen MR) is 205 cm³/mol. The molecular weight excluding hydrogens is 613 g/mol. The first-order chi connectivity index (χ1) is 24.6. The second-order valence-electron chi connectivity index (χ2n) is 12.9. The van der Waals surface area contributed by atoms with Crippen molar-refractivity contribution in [3.63, 3.8) is 0 Å². The topological polar surface area (TPSA) is 56.7 Å². The van der Waals surface area contributed by atoms with Crippen LogP contribution in [0, 0.1) is 6.92 Å². The number of para-hydroxylation sites is 2. The summed E-state index contributed by atoms with van der Waals surface area (Å²) in [4.78, 5) is 15.4. The molecule has 3 heterocycles. The highest BCUT2D eigenvalue weighted by molar-refractivity contribution is 6.05. The van der Waals surface area contributed by atoms with Gasteiger partial charge >= 0.3 is 0 Å². The first-order valence-corrected chi connectivity index (χ1v) is 17.1. The van der Waals surface area contributed by atoms with Crippen LogP contribution in [0.2, 0.25) is 0 Å². The van der Waals surface area contributed by atoms with E-state index in [0.717, 1.165) is 57.1 Å². The molecule has 0 fully saturated rings. The van der Waals surface area contributed by atoms with Crippen LogP contribution in [0.4, 0.5) is 0 Å². The van der Waals surface area contributed by atoms with Gasteiger partial charge in [-0.3, -0.25) is 4.57 Å². The highest BCUT2D eigenvalue weighted by Crippen LogP contribution is 2.36. The average Bonchev–Trinajstić information content (AvgIpc) is 3.69. The fourth-order valence-electron chi connectivity index (χ4n) is 7.14. The summed E-state index contributed by atoms with van der Waals surface area (Å²) < 4.78 is 8.46. The van der Waals surface area contributed by atoms with Crippen LogP contribution < -0.4 is 0 Å². The van der Waals surface area contributed by atoms with Gasteiger partial charge in [0.05, 0.1) is 11.2 Å². The number of hydrogen-bond acceptors (Lipinski definition) is 4. The fraction of sp³-hybridized carbons (Fsp3) is 0.0889. The van der Waals surface area contributed by atoms with Gasteiger partial charge in [0.2, 0.25) is 5.95 Å². The van der Waals surface area contributed by atoms with E-state index < -0.39 is 0 Å². The molecule has 3 aromatic heterocycles. The molecule has 240 valence electrons. The maximum Gasteiger partial charge on any atom is 0.238 e. The smallest absolute Gasteiger partial charge is 0.238 e. The third-order valence-electron chi connectivity index (χ3n) is 9.82. The minimum atomic E-state index is 0.575. The lowest BCUT2D eigenvalue weighted by atomic mass is 9.90. The average molecular weight is 647 g/mol. The van der Waals surface area contributed by atoms with Gasteiger partial charge in [-0.2, -0.15) is 9.97 Å². The molecule has 5 aromatic carbocycles. The van der Waals surface area contributed by atoms with Gasteiger partial charge in [-0.1, -0.05) is 115 Å². The Balaban J connectivity index is 1.21. The molecule has 0 bridgehead atoms. The first kappa shape index (κ1) is 29.8. The molecule has 0 radical (unpaired) electrons. The van der Waals surface area contributed by atoms with E-state index in [1.807, 2.05) is 54.6 Å². The molecule has 1 aliphatic rings. The zero-order valence-electron chi connectivity index (χ0n) is 28.0. The molecule has 9 rings (SSSR count). The molecule has 0 aliphatic heterocycles. The summed E-state index contributed by atoms with van der Waals surface area (Å²) in [7, 11) is 0. The van der Waals surface area contributed by atoms with Crippen molar-refractivity contribution in [3.8, 4) is 28.7 Å². The van der Waals surface area contributed by atoms with Gasteiger partial charge in [-0.15, -0.1) is 0 Å². The summed E-state index contributed by atoms with van der Waals surface area (Å²) in [6, 6.07) is 43.6. The Labute approximate surface area is 290 Å². The lowest BCUT2D eigenvalue weighted by molar-refractivity contribution is 0.669. The third kappa shape index (κ3) is 5.24. The highest BCUT2D eigenvalue weighted by Gasteiger charge is 2.20. The number of benzene rings is 5. The molecule has 0 atom stereocenters. The molecule has 0 unspecified atom stereocenters. The lowest BCUT2D eigenvalue weighted by Crippen LogP contribution is -2.08. The largest absolute Gasteiger partial charge is 0.456 e. The molecule has 0 saturated heterocycles. The van der Waals surface area contributed by atoms with E-state index in [0.29, 0.717) is 17.6 Å². The van der Waals surface area contributed by atoms with Crippen molar-refractivity contribution in [2.24, 2.45) is 0 Å². The number of aromatic nitrogens is 4. The zero-order chi connectivity index (χ0) is 33.6. The van der Waals surface area contributed by atoms with E-state index in [9.17, 15) is 0 Å². The number of hydrogen-bond donors (Lipinski definition) is 0. The normalized spacial score (nSPS) is 13.6. The molecule has 8 aromatic rings. The van der Waals surface area contributed by atoms with Crippen molar-refractivity contribution in [1.29, 1.82) is 0 Å². The zero-order valence-corrected chi connectivity index (χ0v) is 28.0. The van der Waals surface area contributed by atoms with Crippen LogP contribution in [0.3, 0.4) is 0 Å². The van der Waals surface area contributed by atoms with Crippen molar-refractivity contribution in [3.05, 3.63) is 168 Å². The summed E-state index contributed by atoms with van der Waals surface area (Å²) in [6.45, 7) is 4.40. The summed E-state index contributed by atoms with van der Waals surface area (Å²) in [5, 5.41) is 3.33. The molecular formula is C45H34N4O. The van der Waals surface area contributed by atoms with Crippen molar-refractivity contribution < 1.29 is 4.42 Å². The predicted octanol–water partition coefficient (Wildman–Crippen LogP) is 11.6. The Bertz CT molecular complexity index is 2660. The lowest BCUT2D eigenvalue weighted by Gasteiger charge is -2.16. The molecule has 0 N–H and O–H groups in total. The summed E-state index contributed by atoms with van der Waals surface area (Å²) in [5.74, 6) is 1.78. The van der Waals surface area contributed by atoms with Crippen molar-refractivity contribution in [1.82, 2.24) is 19.5 Å². The quantitative estimate of drug-likeness (QED) is 0.180. The molecule has 5 nitrogen and oxygen atoms in total. The van der Waals surface area contributed by atoms with Crippen molar-refractivity contribution in [2.45, 2.75) is 26.7 Å². The van der Waals surface area contributed by atoms with Crippen LogP contribution >= 0.6 is 0 Å². The molecule has 1 aliphatic carbocycles. The standard InChI is InChI=1S/C45H34N4O/c1-29(31-21-23-33(24-22-31)32-13-5-3-6-14-32)27-40-30(2)36-17-9-11-19-39(36)49(40)45-47-43(34-15-7-4-8-16-34)46-44(48-45)35-25-26-38-37-18-10-12-20-41(37)50-42(38)28-35/h3-21,23,25-28H,22,24H2,1-2H3/b29-27+. The van der Waals surface area contributed by atoms with Crippen LogP contribution in [0.15, 0.2) is 155 Å². The third-order valence-corrected chi connectivity index (χ3v) is 9.82. The molecule has 50 heavy (non-hydrogen) atoms. The molecule has 0 spiro atoms. The van der Waals surface area contributed by atoms with Crippen molar-refractivity contribution >= 4 is 44.5 Å². The van der Waals surface area contributed by atoms with Gasteiger partial charge in [0.25, 0.3) is 0 Å². The summed E-state index contributed by atoms with van der Waals surface area (Å²) >= 11 is 0. The van der Waals surface area contributed by atoms with Crippen LogP contribution in [-0.4, -0.2) is 19.5 Å². The van der Waals surface area contributed by atoms with Gasteiger partial charge in [0.1, 0.15) is 11.2 Å². The molecule has 0 amide bonds. The Morgan fingerprint density at radius 2 is 1.28 bits per heavy atom. The van der Waals surface area contributed by atoms with Gasteiger partial charge in [-0.25, -0.2) is 4.98 Å². The van der Waals surface area contributed by atoms with E-state index >= 15 is 0 Å². The number of aryl methyl sites for hydroxylation is 1. The summed E-state index contributed by atoms with van der Waals surface area (Å²) in [6.07, 6.45) is 8.85. The van der Waals surface area contributed by atoms with Gasteiger partial charge < -0.3 is 4.42 Å². The number of nitrogens with zero attached hydrogens (tertiary/aromatic N) is 4. The van der Waals surface area contributed by atoms with Gasteiger partial charge in [0, 0.05) is 27.3 Å². The van der Waals surface area contributed by atoms with Crippen LogP contribution in [-0.2, 0) is 0 Å². The monoisotopic (exact) mass is 646 g/mol. The Kier molecular flexibility index (Phi) is 7.32. The van der Waals surface area contributed by atoms with Crippen LogP contribution in [0.5, 0.6) is 0 Å². The van der Waals surface area contributed by atoms with Crippen molar-refractivity contribution in [2.75, 3.05) is 0 Å². The van der Waals surface area contributed by atoms with E-state index in [4.69, 9.17) is 19.4 Å². The van der Waals surface area contributed by atoms with E-state index in [2.05, 4.69) is 109 Å². The van der Waals surface area contributed by atoms with E-state index in [1.54, 1.807) is 0 Å². The van der Waals surface area contributed by atoms with Gasteiger partial charge in [0.15, 0.2) is 11.6 Å². The number of allylic oxidation sites excluding steroid dienone is 5. The maximum absolute atomic E-state index is 6.26. The minimum Gasteiger partial charge on any atom is -0.456 e. The Hall–Kier alpha value is -6.33. The van der Waals surface area contributed by atoms with Crippen LogP contribution in [0.1, 0.15) is 36.6 Å². The summed E-state index contributed by atoms with van der Waals surface area (Å²) in [5.41, 5.74) is 12.0. The molecule has 0 saturated carbocycles. The first-order valence-electron chi connectivity index (χ1n) is 17.1. The fourth-order valence-corrected chi connectivity index (χ4v) is 7.14. The second kappa shape index (κ2) is 12.3. The van der Waals surface area contributed by atoms with E-state index in [1.165, 1.54) is 33.2 Å². The number of furan rings is 1. The Morgan fingerprint density at radius 1 is 0.620 bits per heavy atom. The van der Waals surface area contributed by atoms with Crippen LogP contribution in [0.25, 0.3) is 73.2 Å². The Morgan fingerprint density at radius 3 is 2.04 bits per heavy atom.